The van der Waals surface area contributed by atoms with Gasteiger partial charge in [0, 0.05) is 6.42 Å². The molecule has 0 fully saturated rings. The smallest absolute Gasteiger partial charge is 0.234 e. The van der Waals surface area contributed by atoms with Crippen LogP contribution in [-0.4, -0.2) is 15.9 Å². The Morgan fingerprint density at radius 3 is 3.00 bits per heavy atom. The lowest BCUT2D eigenvalue weighted by Gasteiger charge is -1.91. The van der Waals surface area contributed by atoms with E-state index in [9.17, 15) is 4.79 Å². The van der Waals surface area contributed by atoms with Crippen molar-refractivity contribution in [3.05, 3.63) is 21.8 Å². The Hall–Kier alpha value is -1.01. The third-order valence-corrected chi connectivity index (χ3v) is 3.76. The fourth-order valence-corrected chi connectivity index (χ4v) is 2.71. The first-order chi connectivity index (χ1) is 8.19. The van der Waals surface area contributed by atoms with Gasteiger partial charge in [-0.15, -0.1) is 11.3 Å². The molecule has 0 spiro atoms. The highest BCUT2D eigenvalue weighted by molar-refractivity contribution is 9.11. The zero-order valence-electron chi connectivity index (χ0n) is 9.27. The monoisotopic (exact) mass is 314 g/mol. The maximum absolute atomic E-state index is 11.4. The first kappa shape index (κ1) is 12.4. The maximum Gasteiger partial charge on any atom is 0.234 e. The molecule has 0 aliphatic rings. The minimum atomic E-state index is 0.134. The second-order valence-corrected chi connectivity index (χ2v) is 6.04. The molecule has 0 saturated heterocycles. The minimum Gasteiger partial charge on any atom is -0.338 e. The summed E-state index contributed by atoms with van der Waals surface area (Å²) in [5, 5.41) is 3.86. The summed E-state index contributed by atoms with van der Waals surface area (Å²) in [5.74, 6) is 1.07. The molecule has 4 nitrogen and oxygen atoms in total. The predicted molar refractivity (Wildman–Crippen MR) is 68.9 cm³/mol. The highest BCUT2D eigenvalue weighted by Crippen LogP contribution is 2.29. The Balaban J connectivity index is 2.08. The highest BCUT2D eigenvalue weighted by Gasteiger charge is 2.13. The molecule has 0 amide bonds. The Morgan fingerprint density at radius 2 is 2.35 bits per heavy atom. The second-order valence-electron chi connectivity index (χ2n) is 3.58. The van der Waals surface area contributed by atoms with E-state index in [1.165, 1.54) is 11.3 Å². The lowest BCUT2D eigenvalue weighted by Crippen LogP contribution is -2.01. The van der Waals surface area contributed by atoms with E-state index < -0.39 is 0 Å². The molecule has 17 heavy (non-hydrogen) atoms. The normalized spacial score (nSPS) is 10.7. The van der Waals surface area contributed by atoms with Crippen molar-refractivity contribution >= 4 is 33.0 Å². The van der Waals surface area contributed by atoms with Gasteiger partial charge in [0.25, 0.3) is 0 Å². The first-order valence-corrected chi connectivity index (χ1v) is 6.90. The van der Waals surface area contributed by atoms with Crippen LogP contribution in [-0.2, 0) is 11.2 Å². The Morgan fingerprint density at radius 1 is 1.53 bits per heavy atom. The number of rotatable bonds is 5. The molecule has 0 aromatic carbocycles. The Labute approximate surface area is 111 Å². The van der Waals surface area contributed by atoms with Gasteiger partial charge in [0.2, 0.25) is 11.7 Å². The zero-order chi connectivity index (χ0) is 12.3. The van der Waals surface area contributed by atoms with E-state index in [4.69, 9.17) is 4.52 Å². The van der Waals surface area contributed by atoms with Crippen LogP contribution in [0.5, 0.6) is 0 Å². The van der Waals surface area contributed by atoms with Crippen LogP contribution in [0.25, 0.3) is 10.7 Å². The third-order valence-electron chi connectivity index (χ3n) is 2.14. The predicted octanol–water partition coefficient (Wildman–Crippen LogP) is 3.47. The van der Waals surface area contributed by atoms with Gasteiger partial charge in [-0.3, -0.25) is 4.79 Å². The van der Waals surface area contributed by atoms with E-state index in [0.717, 1.165) is 15.1 Å². The van der Waals surface area contributed by atoms with E-state index in [1.807, 2.05) is 19.1 Å². The number of ketones is 1. The average molecular weight is 315 g/mol. The summed E-state index contributed by atoms with van der Waals surface area (Å²) in [6.45, 7) is 1.97. The summed E-state index contributed by atoms with van der Waals surface area (Å²) in [4.78, 5) is 16.6. The molecule has 0 aliphatic carbocycles. The molecule has 2 heterocycles. The molecule has 0 atom stereocenters. The number of carbonyl (C=O) groups excluding carboxylic acids is 1. The van der Waals surface area contributed by atoms with Gasteiger partial charge in [-0.2, -0.15) is 4.98 Å². The van der Waals surface area contributed by atoms with Gasteiger partial charge in [-0.1, -0.05) is 12.1 Å². The molecule has 0 N–H and O–H groups in total. The van der Waals surface area contributed by atoms with Crippen molar-refractivity contribution in [2.24, 2.45) is 0 Å². The molecule has 2 aromatic rings. The Bertz CT molecular complexity index is 521. The van der Waals surface area contributed by atoms with Gasteiger partial charge in [0.1, 0.15) is 5.78 Å². The fourth-order valence-electron chi connectivity index (χ4n) is 1.40. The quantitative estimate of drug-likeness (QED) is 0.848. The number of hydrogen-bond donors (Lipinski definition) is 0. The average Bonchev–Trinajstić information content (AvgIpc) is 2.87. The molecule has 0 bridgehead atoms. The molecule has 6 heteroatoms. The van der Waals surface area contributed by atoms with E-state index in [1.54, 1.807) is 0 Å². The number of thiophene rings is 1. The molecule has 0 aliphatic heterocycles. The molecular formula is C11H11BrN2O2S. The first-order valence-electron chi connectivity index (χ1n) is 5.29. The van der Waals surface area contributed by atoms with Crippen molar-refractivity contribution in [3.63, 3.8) is 0 Å². The molecule has 0 saturated carbocycles. The minimum absolute atomic E-state index is 0.134. The van der Waals surface area contributed by atoms with Gasteiger partial charge >= 0.3 is 0 Å². The van der Waals surface area contributed by atoms with E-state index in [-0.39, 0.29) is 12.2 Å². The SMILES string of the molecule is CCCC(=O)Cc1nc(-c2ccc(Br)s2)no1. The summed E-state index contributed by atoms with van der Waals surface area (Å²) in [7, 11) is 0. The van der Waals surface area contributed by atoms with Gasteiger partial charge in [0.15, 0.2) is 0 Å². The van der Waals surface area contributed by atoms with Crippen molar-refractivity contribution in [1.82, 2.24) is 10.1 Å². The molecule has 2 aromatic heterocycles. The molecule has 2 rings (SSSR count). The van der Waals surface area contributed by atoms with E-state index >= 15 is 0 Å². The fraction of sp³-hybridized carbons (Fsp3) is 0.364. The summed E-state index contributed by atoms with van der Waals surface area (Å²) >= 11 is 4.91. The molecular weight excluding hydrogens is 304 g/mol. The molecule has 90 valence electrons. The summed E-state index contributed by atoms with van der Waals surface area (Å²) in [6, 6.07) is 3.84. The standard InChI is InChI=1S/C11H11BrN2O2S/c1-2-3-7(15)6-10-13-11(14-16-10)8-4-5-9(12)17-8/h4-5H,2-3,6H2,1H3. The van der Waals surface area contributed by atoms with Gasteiger partial charge in [0.05, 0.1) is 15.1 Å². The maximum atomic E-state index is 11.4. The van der Waals surface area contributed by atoms with Gasteiger partial charge in [-0.05, 0) is 34.5 Å². The number of Topliss-reactive ketones (excluding diaryl/α,β-unsaturated/α-hetero) is 1. The van der Waals surface area contributed by atoms with Crippen LogP contribution in [0, 0.1) is 0 Å². The third kappa shape index (κ3) is 3.23. The van der Waals surface area contributed by atoms with Crippen molar-refractivity contribution in [1.29, 1.82) is 0 Å². The van der Waals surface area contributed by atoms with Crippen LogP contribution < -0.4 is 0 Å². The lowest BCUT2D eigenvalue weighted by molar-refractivity contribution is -0.118. The second kappa shape index (κ2) is 5.55. The van der Waals surface area contributed by atoms with Gasteiger partial charge in [-0.25, -0.2) is 0 Å². The van der Waals surface area contributed by atoms with Crippen molar-refractivity contribution in [2.45, 2.75) is 26.2 Å². The van der Waals surface area contributed by atoms with Crippen LogP contribution >= 0.6 is 27.3 Å². The summed E-state index contributed by atoms with van der Waals surface area (Å²) in [5.41, 5.74) is 0. The van der Waals surface area contributed by atoms with Crippen LogP contribution in [0.4, 0.5) is 0 Å². The molecule has 0 radical (unpaired) electrons. The van der Waals surface area contributed by atoms with Crippen LogP contribution in [0.2, 0.25) is 0 Å². The van der Waals surface area contributed by atoms with Crippen LogP contribution in [0.1, 0.15) is 25.7 Å². The number of hydrogen-bond acceptors (Lipinski definition) is 5. The van der Waals surface area contributed by atoms with Crippen molar-refractivity contribution in [3.8, 4) is 10.7 Å². The summed E-state index contributed by atoms with van der Waals surface area (Å²) in [6.07, 6.45) is 1.63. The topological polar surface area (TPSA) is 56.0 Å². The van der Waals surface area contributed by atoms with Crippen LogP contribution in [0.15, 0.2) is 20.4 Å². The number of nitrogens with zero attached hydrogens (tertiary/aromatic N) is 2. The number of aromatic nitrogens is 2. The molecule has 0 unspecified atom stereocenters. The van der Waals surface area contributed by atoms with Crippen molar-refractivity contribution in [2.75, 3.05) is 0 Å². The van der Waals surface area contributed by atoms with Crippen molar-refractivity contribution < 1.29 is 9.32 Å². The number of halogens is 1. The highest BCUT2D eigenvalue weighted by atomic mass is 79.9. The van der Waals surface area contributed by atoms with Crippen LogP contribution in [0.3, 0.4) is 0 Å². The Kier molecular flexibility index (Phi) is 4.06. The number of carbonyl (C=O) groups is 1. The van der Waals surface area contributed by atoms with E-state index in [2.05, 4.69) is 26.1 Å². The largest absolute Gasteiger partial charge is 0.338 e. The van der Waals surface area contributed by atoms with Gasteiger partial charge < -0.3 is 4.52 Å². The summed E-state index contributed by atoms with van der Waals surface area (Å²) < 4.78 is 6.07. The lowest BCUT2D eigenvalue weighted by atomic mass is 10.2. The van der Waals surface area contributed by atoms with E-state index in [0.29, 0.717) is 18.1 Å². The zero-order valence-corrected chi connectivity index (χ0v) is 11.7.